The second kappa shape index (κ2) is 11.6. The number of benzene rings is 1. The average Bonchev–Trinajstić information content (AvgIpc) is 3.32. The summed E-state index contributed by atoms with van der Waals surface area (Å²) in [6, 6.07) is 6.02. The predicted octanol–water partition coefficient (Wildman–Crippen LogP) is 4.57. The summed E-state index contributed by atoms with van der Waals surface area (Å²) in [5.41, 5.74) is 2.16. The second-order valence-electron chi connectivity index (χ2n) is 7.00. The number of guanidine groups is 1. The molecule has 2 aromatic rings. The molecule has 1 aromatic heterocycles. The third-order valence-electron chi connectivity index (χ3n) is 5.02. The van der Waals surface area contributed by atoms with Crippen molar-refractivity contribution in [3.8, 4) is 11.5 Å². The largest absolute Gasteiger partial charge is 0.493 e. The van der Waals surface area contributed by atoms with E-state index in [1.807, 2.05) is 19.1 Å². The number of rotatable bonds is 7. The molecule has 29 heavy (non-hydrogen) atoms. The van der Waals surface area contributed by atoms with Crippen molar-refractivity contribution in [2.24, 2.45) is 4.99 Å². The molecule has 1 heterocycles. The van der Waals surface area contributed by atoms with Crippen molar-refractivity contribution in [1.82, 2.24) is 15.6 Å². The van der Waals surface area contributed by atoms with Crippen LogP contribution in [0.2, 0.25) is 0 Å². The Morgan fingerprint density at radius 1 is 1.21 bits per heavy atom. The number of hydrogen-bond acceptors (Lipinski definition) is 5. The monoisotopic (exact) mass is 530 g/mol. The van der Waals surface area contributed by atoms with E-state index in [1.54, 1.807) is 25.5 Å². The molecule has 0 unspecified atom stereocenters. The summed E-state index contributed by atoms with van der Waals surface area (Å²) in [5.74, 6) is 2.36. The highest BCUT2D eigenvalue weighted by Gasteiger charge is 2.20. The standard InChI is InChI=1S/C21H30N4O2S.HI/c1-14-15(2)28-19(25-14)13-24-21(22-3)23-12-16-8-7-11-18(26-4)20(16)27-17-9-5-6-10-17;/h7-8,11,17H,5-6,9-10,12-13H2,1-4H3,(H2,22,23,24);1H. The summed E-state index contributed by atoms with van der Waals surface area (Å²) in [4.78, 5) is 10.1. The minimum absolute atomic E-state index is 0. The Labute approximate surface area is 194 Å². The van der Waals surface area contributed by atoms with Crippen LogP contribution in [0.4, 0.5) is 0 Å². The van der Waals surface area contributed by atoms with Gasteiger partial charge in [0.2, 0.25) is 0 Å². The number of para-hydroxylation sites is 1. The van der Waals surface area contributed by atoms with Crippen LogP contribution in [0.3, 0.4) is 0 Å². The van der Waals surface area contributed by atoms with E-state index in [2.05, 4.69) is 33.6 Å². The Morgan fingerprint density at radius 3 is 2.55 bits per heavy atom. The van der Waals surface area contributed by atoms with Gasteiger partial charge >= 0.3 is 0 Å². The Hall–Kier alpha value is -1.55. The molecule has 1 aliphatic rings. The van der Waals surface area contributed by atoms with Gasteiger partial charge in [0, 0.05) is 24.0 Å². The lowest BCUT2D eigenvalue weighted by Crippen LogP contribution is -2.36. The summed E-state index contributed by atoms with van der Waals surface area (Å²) in [6.45, 7) is 5.40. The number of aromatic nitrogens is 1. The molecule has 6 nitrogen and oxygen atoms in total. The van der Waals surface area contributed by atoms with Crippen molar-refractivity contribution in [2.45, 2.75) is 58.7 Å². The molecule has 2 N–H and O–H groups in total. The van der Waals surface area contributed by atoms with Gasteiger partial charge in [-0.1, -0.05) is 12.1 Å². The topological polar surface area (TPSA) is 67.8 Å². The van der Waals surface area contributed by atoms with E-state index in [9.17, 15) is 0 Å². The fourth-order valence-electron chi connectivity index (χ4n) is 3.34. The molecule has 8 heteroatoms. The number of nitrogens with one attached hydrogen (secondary N) is 2. The lowest BCUT2D eigenvalue weighted by Gasteiger charge is -2.20. The van der Waals surface area contributed by atoms with E-state index in [0.29, 0.717) is 13.1 Å². The Kier molecular flexibility index (Phi) is 9.48. The summed E-state index contributed by atoms with van der Waals surface area (Å²) in [7, 11) is 3.46. The molecule has 0 saturated heterocycles. The van der Waals surface area contributed by atoms with E-state index < -0.39 is 0 Å². The first-order valence-electron chi connectivity index (χ1n) is 9.80. The number of aliphatic imine (C=N–C) groups is 1. The van der Waals surface area contributed by atoms with Crippen LogP contribution in [0.25, 0.3) is 0 Å². The third kappa shape index (κ3) is 6.47. The maximum absolute atomic E-state index is 6.31. The van der Waals surface area contributed by atoms with Crippen molar-refractivity contribution < 1.29 is 9.47 Å². The molecular formula is C21H31IN4O2S. The van der Waals surface area contributed by atoms with E-state index >= 15 is 0 Å². The van der Waals surface area contributed by atoms with Gasteiger partial charge in [0.1, 0.15) is 5.01 Å². The Morgan fingerprint density at radius 2 is 1.93 bits per heavy atom. The molecule has 0 bridgehead atoms. The number of methoxy groups -OCH3 is 1. The normalized spacial score (nSPS) is 14.4. The van der Waals surface area contributed by atoms with Gasteiger partial charge in [-0.05, 0) is 45.6 Å². The van der Waals surface area contributed by atoms with Crippen LogP contribution in [-0.4, -0.2) is 31.2 Å². The highest BCUT2D eigenvalue weighted by Crippen LogP contribution is 2.34. The Balaban J connectivity index is 0.00000300. The summed E-state index contributed by atoms with van der Waals surface area (Å²) >= 11 is 1.71. The molecule has 0 atom stereocenters. The first kappa shape index (κ1) is 23.7. The average molecular weight is 530 g/mol. The maximum Gasteiger partial charge on any atom is 0.191 e. The zero-order valence-corrected chi connectivity index (χ0v) is 20.7. The van der Waals surface area contributed by atoms with Gasteiger partial charge in [-0.15, -0.1) is 35.3 Å². The molecule has 3 rings (SSSR count). The molecule has 0 amide bonds. The number of halogens is 1. The van der Waals surface area contributed by atoms with Gasteiger partial charge in [0.25, 0.3) is 0 Å². The van der Waals surface area contributed by atoms with Crippen molar-refractivity contribution >= 4 is 41.3 Å². The Bertz CT molecular complexity index is 800. The molecule has 1 aromatic carbocycles. The van der Waals surface area contributed by atoms with Crippen molar-refractivity contribution in [2.75, 3.05) is 14.2 Å². The van der Waals surface area contributed by atoms with Crippen LogP contribution < -0.4 is 20.1 Å². The summed E-state index contributed by atoms with van der Waals surface area (Å²) in [6.07, 6.45) is 4.98. The zero-order valence-electron chi connectivity index (χ0n) is 17.6. The molecular weight excluding hydrogens is 499 g/mol. The smallest absolute Gasteiger partial charge is 0.191 e. The molecule has 160 valence electrons. The highest BCUT2D eigenvalue weighted by molar-refractivity contribution is 14.0. The van der Waals surface area contributed by atoms with Gasteiger partial charge in [-0.2, -0.15) is 0 Å². The van der Waals surface area contributed by atoms with E-state index in [-0.39, 0.29) is 30.1 Å². The maximum atomic E-state index is 6.31. The van der Waals surface area contributed by atoms with Crippen molar-refractivity contribution in [1.29, 1.82) is 0 Å². The molecule has 1 aliphatic carbocycles. The van der Waals surface area contributed by atoms with Gasteiger partial charge in [0.15, 0.2) is 17.5 Å². The van der Waals surface area contributed by atoms with E-state index in [4.69, 9.17) is 9.47 Å². The van der Waals surface area contributed by atoms with E-state index in [1.165, 1.54) is 17.7 Å². The van der Waals surface area contributed by atoms with Crippen LogP contribution in [0.5, 0.6) is 11.5 Å². The van der Waals surface area contributed by atoms with Crippen LogP contribution in [0.15, 0.2) is 23.2 Å². The first-order valence-corrected chi connectivity index (χ1v) is 10.6. The van der Waals surface area contributed by atoms with Gasteiger partial charge in [0.05, 0.1) is 25.5 Å². The van der Waals surface area contributed by atoms with Crippen molar-refractivity contribution in [3.63, 3.8) is 0 Å². The van der Waals surface area contributed by atoms with Crippen LogP contribution in [0, 0.1) is 13.8 Å². The van der Waals surface area contributed by atoms with Crippen molar-refractivity contribution in [3.05, 3.63) is 39.3 Å². The van der Waals surface area contributed by atoms with Gasteiger partial charge in [-0.25, -0.2) is 4.98 Å². The number of aryl methyl sites for hydroxylation is 2. The molecule has 0 aliphatic heterocycles. The van der Waals surface area contributed by atoms with E-state index in [0.717, 1.165) is 46.6 Å². The molecule has 1 saturated carbocycles. The van der Waals surface area contributed by atoms with Crippen LogP contribution >= 0.6 is 35.3 Å². The van der Waals surface area contributed by atoms with Crippen LogP contribution in [-0.2, 0) is 13.1 Å². The van der Waals surface area contributed by atoms with Crippen LogP contribution in [0.1, 0.15) is 46.8 Å². The molecule has 0 radical (unpaired) electrons. The predicted molar refractivity (Wildman–Crippen MR) is 130 cm³/mol. The fourth-order valence-corrected chi connectivity index (χ4v) is 4.22. The fraction of sp³-hybridized carbons (Fsp3) is 0.524. The number of thiazole rings is 1. The molecule has 1 fully saturated rings. The lowest BCUT2D eigenvalue weighted by atomic mass is 10.1. The minimum atomic E-state index is 0. The number of ether oxygens (including phenoxy) is 2. The van der Waals surface area contributed by atoms with Gasteiger partial charge < -0.3 is 20.1 Å². The SMILES string of the molecule is CN=C(NCc1nc(C)c(C)s1)NCc1cccc(OC)c1OC1CCCC1.I. The quantitative estimate of drug-likeness (QED) is 0.312. The number of hydrogen-bond donors (Lipinski definition) is 2. The van der Waals surface area contributed by atoms with Gasteiger partial charge in [-0.3, -0.25) is 4.99 Å². The highest BCUT2D eigenvalue weighted by atomic mass is 127. The molecule has 0 spiro atoms. The second-order valence-corrected chi connectivity index (χ2v) is 8.29. The number of nitrogens with zero attached hydrogens (tertiary/aromatic N) is 2. The minimum Gasteiger partial charge on any atom is -0.493 e. The summed E-state index contributed by atoms with van der Waals surface area (Å²) < 4.78 is 11.8. The third-order valence-corrected chi connectivity index (χ3v) is 6.09. The lowest BCUT2D eigenvalue weighted by molar-refractivity contribution is 0.198. The summed E-state index contributed by atoms with van der Waals surface area (Å²) in [5, 5.41) is 7.77. The first-order chi connectivity index (χ1) is 13.6. The zero-order chi connectivity index (χ0) is 19.9.